The van der Waals surface area contributed by atoms with Gasteiger partial charge >= 0.3 is 0 Å². The van der Waals surface area contributed by atoms with E-state index in [1.807, 2.05) is 29.2 Å². The molecule has 2 aromatic carbocycles. The molecule has 3 aromatic rings. The van der Waals surface area contributed by atoms with Gasteiger partial charge in [-0.1, -0.05) is 24.3 Å². The molecular weight excluding hydrogens is 449 g/mol. The van der Waals surface area contributed by atoms with Crippen LogP contribution in [0.25, 0.3) is 11.4 Å². The number of fused-ring (bicyclic) bond motifs is 1. The summed E-state index contributed by atoms with van der Waals surface area (Å²) in [5, 5.41) is 0. The van der Waals surface area contributed by atoms with Crippen molar-refractivity contribution in [2.24, 2.45) is 16.9 Å². The number of carbonyl (C=O) groups is 2. The van der Waals surface area contributed by atoms with Crippen LogP contribution in [0.4, 0.5) is 10.2 Å². The molecule has 35 heavy (non-hydrogen) atoms. The quantitative estimate of drug-likeness (QED) is 0.568. The molecular formula is C26H22FN5O3. The van der Waals surface area contributed by atoms with Crippen LogP contribution < -0.4 is 21.1 Å². The second-order valence-corrected chi connectivity index (χ2v) is 8.42. The van der Waals surface area contributed by atoms with Gasteiger partial charge in [-0.05, 0) is 55.0 Å². The molecule has 1 saturated heterocycles. The minimum Gasteiger partial charge on any atom is -0.457 e. The number of nitrogens with two attached hydrogens (primary N) is 2. The van der Waals surface area contributed by atoms with Gasteiger partial charge in [0.15, 0.2) is 5.82 Å². The molecule has 2 heterocycles. The number of halogens is 1. The molecule has 1 aliphatic heterocycles. The Hall–Kier alpha value is -4.53. The molecule has 8 nitrogen and oxygen atoms in total. The highest BCUT2D eigenvalue weighted by molar-refractivity contribution is 5.92. The molecule has 2 unspecified atom stereocenters. The van der Waals surface area contributed by atoms with Crippen LogP contribution in [0.1, 0.15) is 16.9 Å². The molecule has 2 amide bonds. The zero-order valence-corrected chi connectivity index (χ0v) is 18.6. The maximum absolute atomic E-state index is 13.1. The number of hydrogen-bond donors (Lipinski definition) is 2. The van der Waals surface area contributed by atoms with Crippen LogP contribution in [-0.4, -0.2) is 34.4 Å². The van der Waals surface area contributed by atoms with Gasteiger partial charge in [-0.2, -0.15) is 0 Å². The largest absolute Gasteiger partial charge is 0.457 e. The highest BCUT2D eigenvalue weighted by Crippen LogP contribution is 2.43. The van der Waals surface area contributed by atoms with Crippen molar-refractivity contribution >= 4 is 17.6 Å². The third-order valence-corrected chi connectivity index (χ3v) is 6.31. The van der Waals surface area contributed by atoms with Crippen LogP contribution in [0.5, 0.6) is 11.5 Å². The molecule has 1 aliphatic carbocycles. The monoisotopic (exact) mass is 471 g/mol. The lowest BCUT2D eigenvalue weighted by molar-refractivity contribution is -0.125. The van der Waals surface area contributed by atoms with Gasteiger partial charge in [-0.15, -0.1) is 0 Å². The van der Waals surface area contributed by atoms with Crippen molar-refractivity contribution in [2.45, 2.75) is 12.5 Å². The number of anilines is 1. The molecule has 1 fully saturated rings. The third-order valence-electron chi connectivity index (χ3n) is 6.31. The van der Waals surface area contributed by atoms with Gasteiger partial charge in [-0.25, -0.2) is 14.4 Å². The first-order valence-corrected chi connectivity index (χ1v) is 11.0. The first kappa shape index (κ1) is 22.3. The lowest BCUT2D eigenvalue weighted by Crippen LogP contribution is -2.46. The number of rotatable bonds is 6. The van der Waals surface area contributed by atoms with E-state index in [2.05, 4.69) is 9.97 Å². The number of nitrogens with zero attached hydrogens (tertiary/aromatic N) is 3. The van der Waals surface area contributed by atoms with E-state index in [4.69, 9.17) is 16.2 Å². The van der Waals surface area contributed by atoms with Crippen molar-refractivity contribution in [1.82, 2.24) is 9.97 Å². The van der Waals surface area contributed by atoms with Gasteiger partial charge < -0.3 is 21.1 Å². The van der Waals surface area contributed by atoms with E-state index in [0.29, 0.717) is 41.7 Å². The predicted molar refractivity (Wildman–Crippen MR) is 128 cm³/mol. The average Bonchev–Trinajstić information content (AvgIpc) is 3.27. The highest BCUT2D eigenvalue weighted by Gasteiger charge is 2.50. The fourth-order valence-corrected chi connectivity index (χ4v) is 4.48. The van der Waals surface area contributed by atoms with E-state index < -0.39 is 17.2 Å². The van der Waals surface area contributed by atoms with Gasteiger partial charge in [0.25, 0.3) is 5.91 Å². The molecule has 0 radical (unpaired) electrons. The summed E-state index contributed by atoms with van der Waals surface area (Å²) in [5.74, 6) is 0.365. The maximum Gasteiger partial charge on any atom is 0.267 e. The van der Waals surface area contributed by atoms with Crippen LogP contribution in [0.3, 0.4) is 0 Å². The van der Waals surface area contributed by atoms with E-state index in [0.717, 1.165) is 0 Å². The number of ether oxygens (including phenoxy) is 1. The topological polar surface area (TPSA) is 124 Å². The van der Waals surface area contributed by atoms with Gasteiger partial charge in [0.05, 0.1) is 11.5 Å². The normalized spacial score (nSPS) is 20.5. The van der Waals surface area contributed by atoms with Gasteiger partial charge in [0, 0.05) is 18.2 Å². The Bertz CT molecular complexity index is 1350. The zero-order valence-electron chi connectivity index (χ0n) is 18.6. The number of hydrogen-bond acceptors (Lipinski definition) is 6. The maximum atomic E-state index is 13.1. The zero-order chi connectivity index (χ0) is 24.6. The lowest BCUT2D eigenvalue weighted by atomic mass is 9.77. The molecule has 9 heteroatoms. The van der Waals surface area contributed by atoms with E-state index in [1.54, 1.807) is 24.3 Å². The molecule has 2 atom stereocenters. The van der Waals surface area contributed by atoms with Crippen molar-refractivity contribution in [3.05, 3.63) is 90.4 Å². The molecule has 5 rings (SSSR count). The standard InChI is InChI=1S/C26H22FN5O3/c27-17-6-10-19(11-7-17)35-18-8-4-16(5-9-18)24-30-20(23(28)33)15-22(31-24)32-14-13-26(25(29)34)12-2-1-3-21(26)32/h1-12,15,21H,13-14H2,(H2,28,33)(H2,29,34). The summed E-state index contributed by atoms with van der Waals surface area (Å²) in [6.45, 7) is 0.515. The number of primary amides is 2. The number of benzene rings is 2. The van der Waals surface area contributed by atoms with Gasteiger partial charge in [-0.3, -0.25) is 9.59 Å². The number of carbonyl (C=O) groups excluding carboxylic acids is 2. The van der Waals surface area contributed by atoms with Crippen LogP contribution in [0.2, 0.25) is 0 Å². The highest BCUT2D eigenvalue weighted by atomic mass is 19.1. The van der Waals surface area contributed by atoms with Gasteiger partial charge in [0.2, 0.25) is 5.91 Å². The third kappa shape index (κ3) is 4.12. The fourth-order valence-electron chi connectivity index (χ4n) is 4.48. The summed E-state index contributed by atoms with van der Waals surface area (Å²) in [7, 11) is 0. The van der Waals surface area contributed by atoms with Crippen molar-refractivity contribution in [3.63, 3.8) is 0 Å². The van der Waals surface area contributed by atoms with Crippen LogP contribution in [0, 0.1) is 11.2 Å². The van der Waals surface area contributed by atoms with Gasteiger partial charge in [0.1, 0.15) is 28.8 Å². The summed E-state index contributed by atoms with van der Waals surface area (Å²) in [6.07, 6.45) is 7.94. The Morgan fingerprint density at radius 3 is 2.34 bits per heavy atom. The second-order valence-electron chi connectivity index (χ2n) is 8.42. The predicted octanol–water partition coefficient (Wildman–Crippen LogP) is 3.35. The van der Waals surface area contributed by atoms with E-state index in [-0.39, 0.29) is 17.6 Å². The molecule has 4 N–H and O–H groups in total. The van der Waals surface area contributed by atoms with Crippen molar-refractivity contribution in [2.75, 3.05) is 11.4 Å². The Morgan fingerprint density at radius 1 is 1.00 bits per heavy atom. The number of amides is 2. The van der Waals surface area contributed by atoms with Crippen molar-refractivity contribution in [1.29, 1.82) is 0 Å². The first-order chi connectivity index (χ1) is 16.9. The van der Waals surface area contributed by atoms with Crippen LogP contribution in [-0.2, 0) is 4.79 Å². The minimum atomic E-state index is -0.841. The molecule has 2 aliphatic rings. The summed E-state index contributed by atoms with van der Waals surface area (Å²) < 4.78 is 18.9. The Kier molecular flexibility index (Phi) is 5.52. The smallest absolute Gasteiger partial charge is 0.267 e. The summed E-state index contributed by atoms with van der Waals surface area (Å²) in [4.78, 5) is 35.4. The number of allylic oxidation sites excluding steroid dienone is 2. The Morgan fingerprint density at radius 2 is 1.69 bits per heavy atom. The molecule has 1 aromatic heterocycles. The SMILES string of the molecule is NC(=O)c1cc(N2CCC3(C(N)=O)C=CC=CC23)nc(-c2ccc(Oc3ccc(F)cc3)cc2)n1. The summed E-state index contributed by atoms with van der Waals surface area (Å²) in [6, 6.07) is 13.9. The number of aromatic nitrogens is 2. The first-order valence-electron chi connectivity index (χ1n) is 11.0. The fraction of sp³-hybridized carbons (Fsp3) is 0.154. The van der Waals surface area contributed by atoms with Crippen molar-refractivity contribution in [3.8, 4) is 22.9 Å². The van der Waals surface area contributed by atoms with Crippen LogP contribution in [0.15, 0.2) is 78.9 Å². The van der Waals surface area contributed by atoms with E-state index in [1.165, 1.54) is 30.3 Å². The molecule has 176 valence electrons. The van der Waals surface area contributed by atoms with E-state index >= 15 is 0 Å². The average molecular weight is 471 g/mol. The van der Waals surface area contributed by atoms with E-state index in [9.17, 15) is 14.0 Å². The lowest BCUT2D eigenvalue weighted by Gasteiger charge is -2.33. The molecule has 0 spiro atoms. The molecule has 0 bridgehead atoms. The molecule has 0 saturated carbocycles. The Labute approximate surface area is 200 Å². The van der Waals surface area contributed by atoms with Crippen LogP contribution >= 0.6 is 0 Å². The minimum absolute atomic E-state index is 0.0588. The van der Waals surface area contributed by atoms with Crippen molar-refractivity contribution < 1.29 is 18.7 Å². The summed E-state index contributed by atoms with van der Waals surface area (Å²) in [5.41, 5.74) is 11.2. The second kappa shape index (κ2) is 8.68. The Balaban J connectivity index is 1.47. The summed E-state index contributed by atoms with van der Waals surface area (Å²) >= 11 is 0.